The fraction of sp³-hybridized carbons (Fsp3) is 0.375. The van der Waals surface area contributed by atoms with Crippen LogP contribution in [-0.4, -0.2) is 60.2 Å². The zero-order valence-corrected chi connectivity index (χ0v) is 20.9. The third kappa shape index (κ3) is 6.87. The van der Waals surface area contributed by atoms with Gasteiger partial charge in [-0.15, -0.1) is 0 Å². The fourth-order valence-electron chi connectivity index (χ4n) is 3.93. The maximum atomic E-state index is 12.6. The highest BCUT2D eigenvalue weighted by molar-refractivity contribution is 8.04. The molecule has 0 spiro atoms. The van der Waals surface area contributed by atoms with Crippen molar-refractivity contribution in [2.24, 2.45) is 11.6 Å². The number of hydrogen-bond donors (Lipinski definition) is 5. The monoisotopic (exact) mass is 499 g/mol. The molecule has 2 aromatic carbocycles. The van der Waals surface area contributed by atoms with Crippen molar-refractivity contribution in [2.75, 3.05) is 37.4 Å². The lowest BCUT2D eigenvalue weighted by Gasteiger charge is -2.23. The van der Waals surface area contributed by atoms with E-state index in [2.05, 4.69) is 14.9 Å². The average molecular weight is 500 g/mol. The van der Waals surface area contributed by atoms with E-state index in [1.807, 2.05) is 35.8 Å². The van der Waals surface area contributed by atoms with Crippen LogP contribution >= 0.6 is 11.9 Å². The summed E-state index contributed by atoms with van der Waals surface area (Å²) in [6.07, 6.45) is 2.46. The summed E-state index contributed by atoms with van der Waals surface area (Å²) in [6.45, 7) is 7.23. The van der Waals surface area contributed by atoms with E-state index >= 15 is 0 Å². The molecule has 0 saturated carbocycles. The van der Waals surface area contributed by atoms with Crippen molar-refractivity contribution in [3.63, 3.8) is 0 Å². The number of benzene rings is 2. The van der Waals surface area contributed by atoms with Gasteiger partial charge in [-0.05, 0) is 67.9 Å². The first-order chi connectivity index (χ1) is 16.8. The van der Waals surface area contributed by atoms with E-state index in [4.69, 9.17) is 11.6 Å². The number of nitrogens with one attached hydrogen (secondary N) is 3. The minimum atomic E-state index is -0.682. The topological polar surface area (TPSA) is 146 Å². The van der Waals surface area contributed by atoms with Crippen LogP contribution in [0.15, 0.2) is 47.1 Å². The van der Waals surface area contributed by atoms with Crippen LogP contribution in [0, 0.1) is 0 Å². The molecule has 0 unspecified atom stereocenters. The summed E-state index contributed by atoms with van der Waals surface area (Å²) < 4.78 is 3.14. The van der Waals surface area contributed by atoms with Gasteiger partial charge in [-0.1, -0.05) is 12.1 Å². The van der Waals surface area contributed by atoms with Crippen molar-refractivity contribution in [3.05, 3.63) is 52.7 Å². The van der Waals surface area contributed by atoms with Crippen molar-refractivity contribution in [1.82, 2.24) is 20.5 Å². The molecule has 10 nitrogen and oxygen atoms in total. The van der Waals surface area contributed by atoms with E-state index in [1.165, 1.54) is 24.7 Å². The van der Waals surface area contributed by atoms with Gasteiger partial charge in [0.1, 0.15) is 10.7 Å². The smallest absolute Gasteiger partial charge is 0.283 e. The van der Waals surface area contributed by atoms with Gasteiger partial charge in [0.15, 0.2) is 0 Å². The van der Waals surface area contributed by atoms with Crippen LogP contribution in [0.3, 0.4) is 0 Å². The minimum absolute atomic E-state index is 0.0869. The molecule has 0 radical (unpaired) electrons. The van der Waals surface area contributed by atoms with E-state index in [9.17, 15) is 14.4 Å². The molecule has 1 saturated heterocycles. The van der Waals surface area contributed by atoms with Crippen molar-refractivity contribution in [2.45, 2.75) is 26.7 Å². The standard InChI is InChI=1S/C24H33N7O3S/c1-3-31(16(2)32)24(21(25)23(34)28-26)35-29-20-9-8-17-14-19(7-6-18(17)15-20)22(33)27-10-13-30-11-4-5-12-30/h6-9,14-15,29H,3-5,10-13,25-26H2,1-2H3,(H,27,33)(H,28,34)/b24-21+. The van der Waals surface area contributed by atoms with Crippen LogP contribution in [-0.2, 0) is 9.59 Å². The highest BCUT2D eigenvalue weighted by atomic mass is 32.2. The molecule has 0 aliphatic carbocycles. The summed E-state index contributed by atoms with van der Waals surface area (Å²) in [4.78, 5) is 40.3. The first kappa shape index (κ1) is 26.3. The highest BCUT2D eigenvalue weighted by Gasteiger charge is 2.21. The quantitative estimate of drug-likeness (QED) is 0.109. The number of rotatable bonds is 10. The third-order valence-corrected chi connectivity index (χ3v) is 6.80. The Hall–Kier alpha value is -3.28. The number of hydrazine groups is 1. The SMILES string of the molecule is CCN(C(C)=O)/C(SNc1ccc2cc(C(=O)NCCN3CCCC3)ccc2c1)=C(\N)C(=O)NN. The summed E-state index contributed by atoms with van der Waals surface area (Å²) in [7, 11) is 0. The molecule has 1 aliphatic heterocycles. The number of likely N-dealkylation sites (tertiary alicyclic amines) is 1. The summed E-state index contributed by atoms with van der Waals surface area (Å²) in [5.74, 6) is 4.19. The molecule has 0 aromatic heterocycles. The zero-order chi connectivity index (χ0) is 25.4. The number of anilines is 1. The first-order valence-electron chi connectivity index (χ1n) is 11.6. The molecule has 3 amide bonds. The molecule has 7 N–H and O–H groups in total. The number of nitrogens with two attached hydrogens (primary N) is 2. The van der Waals surface area contributed by atoms with Gasteiger partial charge in [0.25, 0.3) is 11.8 Å². The second-order valence-electron chi connectivity index (χ2n) is 8.24. The van der Waals surface area contributed by atoms with Crippen LogP contribution in [0.5, 0.6) is 0 Å². The molecular weight excluding hydrogens is 466 g/mol. The Morgan fingerprint density at radius 3 is 2.43 bits per heavy atom. The van der Waals surface area contributed by atoms with Crippen LogP contribution in [0.2, 0.25) is 0 Å². The molecule has 2 aromatic rings. The Labute approximate surface area is 209 Å². The maximum absolute atomic E-state index is 12.6. The second kappa shape index (κ2) is 12.4. The Morgan fingerprint density at radius 1 is 1.09 bits per heavy atom. The number of fused-ring (bicyclic) bond motifs is 1. The van der Waals surface area contributed by atoms with E-state index in [0.717, 1.165) is 48.0 Å². The van der Waals surface area contributed by atoms with E-state index in [0.29, 0.717) is 18.7 Å². The number of carbonyl (C=O) groups excluding carboxylic acids is 3. The Bertz CT molecular complexity index is 1120. The van der Waals surface area contributed by atoms with Crippen molar-refractivity contribution >= 4 is 46.1 Å². The predicted octanol–water partition coefficient (Wildman–Crippen LogP) is 1.71. The van der Waals surface area contributed by atoms with Gasteiger partial charge >= 0.3 is 0 Å². The molecule has 0 atom stereocenters. The van der Waals surface area contributed by atoms with Crippen molar-refractivity contribution in [1.29, 1.82) is 0 Å². The zero-order valence-electron chi connectivity index (χ0n) is 20.1. The van der Waals surface area contributed by atoms with Crippen LogP contribution in [0.4, 0.5) is 5.69 Å². The van der Waals surface area contributed by atoms with E-state index in [-0.39, 0.29) is 22.5 Å². The number of nitrogens with zero attached hydrogens (tertiary/aromatic N) is 2. The van der Waals surface area contributed by atoms with E-state index in [1.54, 1.807) is 13.0 Å². The normalized spacial score (nSPS) is 14.4. The Kier molecular flexibility index (Phi) is 9.35. The number of amides is 3. The molecule has 188 valence electrons. The predicted molar refractivity (Wildman–Crippen MR) is 140 cm³/mol. The van der Waals surface area contributed by atoms with Crippen molar-refractivity contribution in [3.8, 4) is 0 Å². The summed E-state index contributed by atoms with van der Waals surface area (Å²) in [6, 6.07) is 11.2. The lowest BCUT2D eigenvalue weighted by molar-refractivity contribution is -0.126. The van der Waals surface area contributed by atoms with Gasteiger partial charge in [0, 0.05) is 49.8 Å². The summed E-state index contributed by atoms with van der Waals surface area (Å²) in [5.41, 5.74) is 9.13. The molecule has 0 bridgehead atoms. The van der Waals surface area contributed by atoms with Gasteiger partial charge in [0.05, 0.1) is 0 Å². The molecule has 1 fully saturated rings. The number of hydrogen-bond acceptors (Lipinski definition) is 8. The number of carbonyl (C=O) groups is 3. The third-order valence-electron chi connectivity index (χ3n) is 5.83. The molecular formula is C24H33N7O3S. The van der Waals surface area contributed by atoms with E-state index < -0.39 is 5.91 Å². The molecule has 3 rings (SSSR count). The molecule has 1 aliphatic rings. The lowest BCUT2D eigenvalue weighted by Crippen LogP contribution is -2.38. The molecule has 1 heterocycles. The van der Waals surface area contributed by atoms with Crippen LogP contribution in [0.25, 0.3) is 10.8 Å². The molecule has 11 heteroatoms. The Balaban J connectivity index is 1.69. The average Bonchev–Trinajstić information content (AvgIpc) is 3.38. The maximum Gasteiger partial charge on any atom is 0.283 e. The lowest BCUT2D eigenvalue weighted by atomic mass is 10.1. The van der Waals surface area contributed by atoms with Crippen molar-refractivity contribution < 1.29 is 14.4 Å². The molecule has 35 heavy (non-hydrogen) atoms. The van der Waals surface area contributed by atoms with Gasteiger partial charge in [-0.3, -0.25) is 19.8 Å². The fourth-order valence-corrected chi connectivity index (χ4v) is 4.85. The van der Waals surface area contributed by atoms with Gasteiger partial charge < -0.3 is 25.6 Å². The van der Waals surface area contributed by atoms with Crippen LogP contribution in [0.1, 0.15) is 37.0 Å². The first-order valence-corrected chi connectivity index (χ1v) is 12.4. The largest absolute Gasteiger partial charge is 0.392 e. The second-order valence-corrected chi connectivity index (χ2v) is 9.04. The van der Waals surface area contributed by atoms with Gasteiger partial charge in [0.2, 0.25) is 5.91 Å². The summed E-state index contributed by atoms with van der Waals surface area (Å²) in [5, 5.41) is 5.10. The van der Waals surface area contributed by atoms with Gasteiger partial charge in [-0.2, -0.15) is 0 Å². The summed E-state index contributed by atoms with van der Waals surface area (Å²) >= 11 is 1.05. The van der Waals surface area contributed by atoms with Gasteiger partial charge in [-0.25, -0.2) is 5.84 Å². The van der Waals surface area contributed by atoms with Crippen LogP contribution < -0.4 is 27.0 Å². The Morgan fingerprint density at radius 2 is 1.77 bits per heavy atom. The minimum Gasteiger partial charge on any atom is -0.392 e. The highest BCUT2D eigenvalue weighted by Crippen LogP contribution is 2.27.